The molecule has 2 heterocycles. The molecule has 1 fully saturated rings. The van der Waals surface area contributed by atoms with Gasteiger partial charge in [0.15, 0.2) is 0 Å². The largest absolute Gasteiger partial charge is 0.326 e. The summed E-state index contributed by atoms with van der Waals surface area (Å²) in [5.74, 6) is 0.271. The molecule has 0 unspecified atom stereocenters. The third-order valence-electron chi connectivity index (χ3n) is 4.79. The van der Waals surface area contributed by atoms with Gasteiger partial charge in [0.25, 0.3) is 0 Å². The lowest BCUT2D eigenvalue weighted by molar-refractivity contribution is -0.121. The van der Waals surface area contributed by atoms with Crippen molar-refractivity contribution in [3.05, 3.63) is 41.7 Å². The Hall–Kier alpha value is -2.14. The second-order valence-corrected chi connectivity index (χ2v) is 6.58. The zero-order chi connectivity index (χ0) is 17.1. The fraction of sp³-hybridized carbons (Fsp3) is 0.474. The molecule has 0 aliphatic carbocycles. The van der Waals surface area contributed by atoms with Crippen LogP contribution in [0.5, 0.6) is 0 Å². The Balaban J connectivity index is 1.62. The molecule has 128 valence electrons. The van der Waals surface area contributed by atoms with Crippen molar-refractivity contribution in [3.63, 3.8) is 0 Å². The summed E-state index contributed by atoms with van der Waals surface area (Å²) in [5.41, 5.74) is 3.97. The molecule has 2 aromatic rings. The Bertz CT molecular complexity index is 697. The Morgan fingerprint density at radius 1 is 1.21 bits per heavy atom. The number of aromatic nitrogens is 2. The van der Waals surface area contributed by atoms with Gasteiger partial charge in [-0.15, -0.1) is 0 Å². The lowest BCUT2D eigenvalue weighted by Crippen LogP contribution is -2.37. The minimum absolute atomic E-state index is 0.128. The number of amides is 1. The summed E-state index contributed by atoms with van der Waals surface area (Å²) in [5, 5.41) is 7.54. The van der Waals surface area contributed by atoms with Crippen molar-refractivity contribution in [1.82, 2.24) is 14.7 Å². The lowest BCUT2D eigenvalue weighted by Gasteiger charge is -2.30. The van der Waals surface area contributed by atoms with Gasteiger partial charge in [-0.1, -0.05) is 6.92 Å². The van der Waals surface area contributed by atoms with E-state index in [4.69, 9.17) is 0 Å². The van der Waals surface area contributed by atoms with Crippen molar-refractivity contribution in [3.8, 4) is 5.69 Å². The second-order valence-electron chi connectivity index (χ2n) is 6.58. The van der Waals surface area contributed by atoms with E-state index in [2.05, 4.69) is 28.3 Å². The molecule has 3 rings (SSSR count). The van der Waals surface area contributed by atoms with Gasteiger partial charge in [-0.2, -0.15) is 5.10 Å². The standard InChI is InChI=1S/C19H26N4O/c1-4-22-11-9-16(10-12-22)19(24)20-17-5-7-18(8-6-17)23-15(3)13-14(2)21-23/h5-8,13,16H,4,9-12H2,1-3H3,(H,20,24). The van der Waals surface area contributed by atoms with Gasteiger partial charge in [0.2, 0.25) is 5.91 Å². The summed E-state index contributed by atoms with van der Waals surface area (Å²) in [6.45, 7) is 9.31. The molecular weight excluding hydrogens is 300 g/mol. The molecule has 0 spiro atoms. The highest BCUT2D eigenvalue weighted by Crippen LogP contribution is 2.20. The minimum Gasteiger partial charge on any atom is -0.326 e. The summed E-state index contributed by atoms with van der Waals surface area (Å²) in [6.07, 6.45) is 1.90. The van der Waals surface area contributed by atoms with Crippen LogP contribution in [0.1, 0.15) is 31.2 Å². The van der Waals surface area contributed by atoms with Crippen LogP contribution in [0.3, 0.4) is 0 Å². The number of rotatable bonds is 4. The summed E-state index contributed by atoms with van der Waals surface area (Å²) in [4.78, 5) is 14.8. The van der Waals surface area contributed by atoms with Gasteiger partial charge in [0.05, 0.1) is 11.4 Å². The highest BCUT2D eigenvalue weighted by atomic mass is 16.1. The molecule has 1 aromatic heterocycles. The Labute approximate surface area is 143 Å². The maximum atomic E-state index is 12.4. The zero-order valence-corrected chi connectivity index (χ0v) is 14.7. The van der Waals surface area contributed by atoms with Crippen LogP contribution in [0.4, 0.5) is 5.69 Å². The number of benzene rings is 1. The third-order valence-corrected chi connectivity index (χ3v) is 4.79. The molecule has 0 saturated carbocycles. The first kappa shape index (κ1) is 16.7. The first-order valence-corrected chi connectivity index (χ1v) is 8.73. The molecule has 1 aromatic carbocycles. The number of likely N-dealkylation sites (tertiary alicyclic amines) is 1. The molecule has 1 N–H and O–H groups in total. The predicted molar refractivity (Wildman–Crippen MR) is 96.5 cm³/mol. The molecule has 0 radical (unpaired) electrons. The Morgan fingerprint density at radius 2 is 1.88 bits per heavy atom. The number of carbonyl (C=O) groups excluding carboxylic acids is 1. The summed E-state index contributed by atoms with van der Waals surface area (Å²) in [7, 11) is 0. The van der Waals surface area contributed by atoms with E-state index >= 15 is 0 Å². The van der Waals surface area contributed by atoms with Crippen LogP contribution in [-0.4, -0.2) is 40.2 Å². The van der Waals surface area contributed by atoms with E-state index in [1.165, 1.54) is 0 Å². The number of aryl methyl sites for hydroxylation is 2. The van der Waals surface area contributed by atoms with Gasteiger partial charge >= 0.3 is 0 Å². The number of hydrogen-bond donors (Lipinski definition) is 1. The first-order valence-electron chi connectivity index (χ1n) is 8.73. The van der Waals surface area contributed by atoms with Gasteiger partial charge in [-0.3, -0.25) is 4.79 Å². The van der Waals surface area contributed by atoms with Crippen LogP contribution < -0.4 is 5.32 Å². The molecule has 1 amide bonds. The monoisotopic (exact) mass is 326 g/mol. The average Bonchev–Trinajstić information content (AvgIpc) is 2.94. The zero-order valence-electron chi connectivity index (χ0n) is 14.7. The van der Waals surface area contributed by atoms with Crippen molar-refractivity contribution in [2.24, 2.45) is 5.92 Å². The van der Waals surface area contributed by atoms with Gasteiger partial charge in [-0.25, -0.2) is 4.68 Å². The molecule has 24 heavy (non-hydrogen) atoms. The van der Waals surface area contributed by atoms with Crippen LogP contribution in [0.25, 0.3) is 5.69 Å². The molecule has 1 aliphatic rings. The van der Waals surface area contributed by atoms with Crippen LogP contribution in [0.2, 0.25) is 0 Å². The second kappa shape index (κ2) is 7.18. The van der Waals surface area contributed by atoms with Crippen LogP contribution in [0, 0.1) is 19.8 Å². The van der Waals surface area contributed by atoms with Crippen LogP contribution >= 0.6 is 0 Å². The number of hydrogen-bond acceptors (Lipinski definition) is 3. The average molecular weight is 326 g/mol. The minimum atomic E-state index is 0.128. The van der Waals surface area contributed by atoms with Gasteiger partial charge in [0, 0.05) is 17.3 Å². The molecule has 1 aliphatic heterocycles. The highest BCUT2D eigenvalue weighted by Gasteiger charge is 2.24. The number of piperidine rings is 1. The van der Waals surface area contributed by atoms with E-state index in [0.29, 0.717) is 0 Å². The van der Waals surface area contributed by atoms with Crippen LogP contribution in [-0.2, 0) is 4.79 Å². The molecular formula is C19H26N4O. The van der Waals surface area contributed by atoms with Gasteiger partial charge < -0.3 is 10.2 Å². The molecule has 5 heteroatoms. The Kier molecular flexibility index (Phi) is 5.00. The lowest BCUT2D eigenvalue weighted by atomic mass is 9.96. The van der Waals surface area contributed by atoms with Crippen molar-refractivity contribution in [1.29, 1.82) is 0 Å². The summed E-state index contributed by atoms with van der Waals surface area (Å²) < 4.78 is 1.92. The fourth-order valence-electron chi connectivity index (χ4n) is 3.33. The number of carbonyl (C=O) groups is 1. The first-order chi connectivity index (χ1) is 11.6. The maximum Gasteiger partial charge on any atom is 0.227 e. The third kappa shape index (κ3) is 3.67. The normalized spacial score (nSPS) is 16.3. The van der Waals surface area contributed by atoms with E-state index in [9.17, 15) is 4.79 Å². The number of anilines is 1. The smallest absolute Gasteiger partial charge is 0.227 e. The summed E-state index contributed by atoms with van der Waals surface area (Å²) in [6, 6.07) is 9.94. The van der Waals surface area contributed by atoms with Crippen molar-refractivity contribution in [2.45, 2.75) is 33.6 Å². The molecule has 1 saturated heterocycles. The van der Waals surface area contributed by atoms with E-state index < -0.39 is 0 Å². The maximum absolute atomic E-state index is 12.4. The van der Waals surface area contributed by atoms with Crippen LogP contribution in [0.15, 0.2) is 30.3 Å². The van der Waals surface area contributed by atoms with Crippen molar-refractivity contribution >= 4 is 11.6 Å². The highest BCUT2D eigenvalue weighted by molar-refractivity contribution is 5.92. The molecule has 5 nitrogen and oxygen atoms in total. The predicted octanol–water partition coefficient (Wildman–Crippen LogP) is 3.16. The quantitative estimate of drug-likeness (QED) is 0.939. The number of nitrogens with zero attached hydrogens (tertiary/aromatic N) is 3. The molecule has 0 atom stereocenters. The molecule has 0 bridgehead atoms. The van der Waals surface area contributed by atoms with Gasteiger partial charge in [0.1, 0.15) is 0 Å². The van der Waals surface area contributed by atoms with E-state index in [1.807, 2.05) is 42.8 Å². The van der Waals surface area contributed by atoms with E-state index in [0.717, 1.165) is 55.2 Å². The number of nitrogens with one attached hydrogen (secondary N) is 1. The van der Waals surface area contributed by atoms with E-state index in [1.54, 1.807) is 0 Å². The topological polar surface area (TPSA) is 50.2 Å². The van der Waals surface area contributed by atoms with Crippen molar-refractivity contribution < 1.29 is 4.79 Å². The van der Waals surface area contributed by atoms with Gasteiger partial charge in [-0.05, 0) is 76.7 Å². The SMILES string of the molecule is CCN1CCC(C(=O)Nc2ccc(-n3nc(C)cc3C)cc2)CC1. The van der Waals surface area contributed by atoms with Crippen molar-refractivity contribution in [2.75, 3.05) is 25.0 Å². The summed E-state index contributed by atoms with van der Waals surface area (Å²) >= 11 is 0. The Morgan fingerprint density at radius 3 is 2.42 bits per heavy atom. The fourth-order valence-corrected chi connectivity index (χ4v) is 3.33. The van der Waals surface area contributed by atoms with E-state index in [-0.39, 0.29) is 11.8 Å².